The molecule has 0 bridgehead atoms. The molecule has 8 heteroatoms. The maximum absolute atomic E-state index is 12.1. The van der Waals surface area contributed by atoms with E-state index in [1.54, 1.807) is 12.1 Å². The zero-order valence-corrected chi connectivity index (χ0v) is 15.0. The summed E-state index contributed by atoms with van der Waals surface area (Å²) >= 11 is 0. The molecule has 1 unspecified atom stereocenters. The number of hydrogen-bond acceptors (Lipinski definition) is 7. The van der Waals surface area contributed by atoms with E-state index in [-0.39, 0.29) is 17.9 Å². The van der Waals surface area contributed by atoms with Crippen LogP contribution in [0.2, 0.25) is 0 Å². The number of alkyl carbamates (subject to hydrolysis) is 1. The minimum absolute atomic E-state index is 0.113. The van der Waals surface area contributed by atoms with Gasteiger partial charge in [-0.25, -0.2) is 9.59 Å². The fourth-order valence-electron chi connectivity index (χ4n) is 2.38. The van der Waals surface area contributed by atoms with Crippen LogP contribution in [0.5, 0.6) is 17.2 Å². The lowest BCUT2D eigenvalue weighted by Crippen LogP contribution is -2.40. The molecule has 144 valence electrons. The van der Waals surface area contributed by atoms with Crippen molar-refractivity contribution < 1.29 is 34.0 Å². The number of methoxy groups -OCH3 is 2. The number of benzene rings is 2. The van der Waals surface area contributed by atoms with Crippen molar-refractivity contribution in [1.82, 2.24) is 5.32 Å². The number of rotatable bonds is 7. The Morgan fingerprint density at radius 1 is 1.04 bits per heavy atom. The molecule has 0 aromatic heterocycles. The van der Waals surface area contributed by atoms with E-state index >= 15 is 0 Å². The summed E-state index contributed by atoms with van der Waals surface area (Å²) < 4.78 is 15.0. The van der Waals surface area contributed by atoms with E-state index in [4.69, 9.17) is 14.2 Å². The molecule has 0 fully saturated rings. The fourth-order valence-corrected chi connectivity index (χ4v) is 2.38. The second-order valence-corrected chi connectivity index (χ2v) is 5.64. The molecule has 0 saturated carbocycles. The maximum atomic E-state index is 12.1. The monoisotopic (exact) mass is 375 g/mol. The number of phenols is 1. The number of ether oxygens (including phenoxy) is 3. The zero-order valence-electron chi connectivity index (χ0n) is 15.0. The first-order valence-corrected chi connectivity index (χ1v) is 8.10. The average Bonchev–Trinajstić information content (AvgIpc) is 2.68. The summed E-state index contributed by atoms with van der Waals surface area (Å²) in [5.74, 6) is 0.0163. The molecular weight excluding hydrogens is 354 g/mol. The molecule has 0 saturated heterocycles. The first-order chi connectivity index (χ1) is 13.0. The van der Waals surface area contributed by atoms with E-state index in [9.17, 15) is 19.8 Å². The number of hydrogen-bond donors (Lipinski definition) is 3. The number of aliphatic hydroxyl groups is 1. The van der Waals surface area contributed by atoms with Gasteiger partial charge in [-0.15, -0.1) is 0 Å². The van der Waals surface area contributed by atoms with Crippen LogP contribution in [0.25, 0.3) is 0 Å². The summed E-state index contributed by atoms with van der Waals surface area (Å²) in [5.41, 5.74) is 0.903. The van der Waals surface area contributed by atoms with Gasteiger partial charge in [0.25, 0.3) is 0 Å². The lowest BCUT2D eigenvalue weighted by molar-refractivity contribution is 0.0610. The molecule has 0 heterocycles. The number of esters is 1. The highest BCUT2D eigenvalue weighted by Crippen LogP contribution is 2.27. The first-order valence-electron chi connectivity index (χ1n) is 8.10. The van der Waals surface area contributed by atoms with Crippen LogP contribution in [0.4, 0.5) is 4.79 Å². The van der Waals surface area contributed by atoms with Gasteiger partial charge in [0, 0.05) is 0 Å². The molecule has 27 heavy (non-hydrogen) atoms. The fraction of sp³-hybridized carbons (Fsp3) is 0.263. The second kappa shape index (κ2) is 9.44. The molecule has 0 aliphatic carbocycles. The first kappa shape index (κ1) is 20.1. The van der Waals surface area contributed by atoms with Crippen LogP contribution in [0.3, 0.4) is 0 Å². The Bertz CT molecular complexity index is 789. The van der Waals surface area contributed by atoms with Gasteiger partial charge in [0.2, 0.25) is 0 Å². The Morgan fingerprint density at radius 3 is 2.30 bits per heavy atom. The summed E-state index contributed by atoms with van der Waals surface area (Å²) in [7, 11) is 2.89. The Morgan fingerprint density at radius 2 is 1.70 bits per heavy atom. The van der Waals surface area contributed by atoms with Crippen molar-refractivity contribution in [2.75, 3.05) is 20.8 Å². The summed E-state index contributed by atoms with van der Waals surface area (Å²) in [5, 5.41) is 21.1. The standard InChI is InChI=1S/C19H21NO7/c1-25-16-8-5-13(10-17(16)26-2)18(23)27-19(24)20-14(11-21)9-12-3-6-15(22)7-4-12/h3-8,10,14,21-22H,9,11H2,1-2H3,(H,20,24). The van der Waals surface area contributed by atoms with Crippen molar-refractivity contribution in [2.24, 2.45) is 0 Å². The minimum atomic E-state index is -0.979. The number of aromatic hydroxyl groups is 1. The SMILES string of the molecule is COc1ccc(C(=O)OC(=O)NC(CO)Cc2ccc(O)cc2)cc1OC. The van der Waals surface area contributed by atoms with E-state index in [0.29, 0.717) is 17.9 Å². The van der Waals surface area contributed by atoms with Gasteiger partial charge in [0.05, 0.1) is 32.4 Å². The molecule has 8 nitrogen and oxygen atoms in total. The normalized spacial score (nSPS) is 11.4. The molecular formula is C19H21NO7. The third kappa shape index (κ3) is 5.61. The van der Waals surface area contributed by atoms with E-state index in [2.05, 4.69) is 5.32 Å². The number of phenolic OH excluding ortho intramolecular Hbond substituents is 1. The third-order valence-electron chi connectivity index (χ3n) is 3.77. The second-order valence-electron chi connectivity index (χ2n) is 5.64. The lowest BCUT2D eigenvalue weighted by Gasteiger charge is -2.16. The van der Waals surface area contributed by atoms with Crippen molar-refractivity contribution in [3.05, 3.63) is 53.6 Å². The van der Waals surface area contributed by atoms with Gasteiger partial charge >= 0.3 is 12.1 Å². The minimum Gasteiger partial charge on any atom is -0.508 e. The molecule has 0 radical (unpaired) electrons. The molecule has 0 spiro atoms. The number of nitrogens with one attached hydrogen (secondary N) is 1. The van der Waals surface area contributed by atoms with E-state index in [1.165, 1.54) is 44.6 Å². The molecule has 0 aliphatic heterocycles. The lowest BCUT2D eigenvalue weighted by atomic mass is 10.1. The Hall–Kier alpha value is -3.26. The van der Waals surface area contributed by atoms with Crippen LogP contribution in [0.1, 0.15) is 15.9 Å². The molecule has 2 rings (SSSR count). The van der Waals surface area contributed by atoms with Crippen molar-refractivity contribution in [3.8, 4) is 17.2 Å². The third-order valence-corrected chi connectivity index (χ3v) is 3.77. The molecule has 2 aromatic carbocycles. The largest absolute Gasteiger partial charge is 0.508 e. The number of carbonyl (C=O) groups excluding carboxylic acids is 2. The van der Waals surface area contributed by atoms with Crippen LogP contribution in [0.15, 0.2) is 42.5 Å². The highest BCUT2D eigenvalue weighted by molar-refractivity contribution is 5.97. The average molecular weight is 375 g/mol. The highest BCUT2D eigenvalue weighted by Gasteiger charge is 2.18. The van der Waals surface area contributed by atoms with Crippen molar-refractivity contribution in [3.63, 3.8) is 0 Å². The quantitative estimate of drug-likeness (QED) is 0.500. The van der Waals surface area contributed by atoms with Gasteiger partial charge in [-0.3, -0.25) is 0 Å². The van der Waals surface area contributed by atoms with Crippen LogP contribution in [-0.4, -0.2) is 49.1 Å². The number of aliphatic hydroxyl groups excluding tert-OH is 1. The van der Waals surface area contributed by atoms with Crippen LogP contribution >= 0.6 is 0 Å². The number of amides is 1. The van der Waals surface area contributed by atoms with E-state index in [1.807, 2.05) is 0 Å². The topological polar surface area (TPSA) is 114 Å². The van der Waals surface area contributed by atoms with Gasteiger partial charge in [0.1, 0.15) is 5.75 Å². The molecule has 3 N–H and O–H groups in total. The van der Waals surface area contributed by atoms with Crippen molar-refractivity contribution in [1.29, 1.82) is 0 Å². The summed E-state index contributed by atoms with van der Waals surface area (Å²) in [6.45, 7) is -0.347. The van der Waals surface area contributed by atoms with Gasteiger partial charge in [0.15, 0.2) is 11.5 Å². The summed E-state index contributed by atoms with van der Waals surface area (Å²) in [6, 6.07) is 10.0. The van der Waals surface area contributed by atoms with Gasteiger partial charge in [-0.05, 0) is 42.3 Å². The summed E-state index contributed by atoms with van der Waals surface area (Å²) in [6.07, 6.45) is -0.677. The van der Waals surface area contributed by atoms with Crippen LogP contribution < -0.4 is 14.8 Å². The Kier molecular flexibility index (Phi) is 7.01. The smallest absolute Gasteiger partial charge is 0.415 e. The van der Waals surface area contributed by atoms with Gasteiger partial charge in [-0.2, -0.15) is 0 Å². The molecule has 0 aliphatic rings. The van der Waals surface area contributed by atoms with E-state index < -0.39 is 18.1 Å². The van der Waals surface area contributed by atoms with Gasteiger partial charge < -0.3 is 29.7 Å². The predicted octanol–water partition coefficient (Wildman–Crippen LogP) is 1.88. The predicted molar refractivity (Wildman–Crippen MR) is 96.2 cm³/mol. The molecule has 1 amide bonds. The van der Waals surface area contributed by atoms with Crippen LogP contribution in [0, 0.1) is 0 Å². The van der Waals surface area contributed by atoms with Gasteiger partial charge in [-0.1, -0.05) is 12.1 Å². The maximum Gasteiger partial charge on any atom is 0.415 e. The van der Waals surface area contributed by atoms with Crippen LogP contribution in [-0.2, 0) is 11.2 Å². The van der Waals surface area contributed by atoms with Crippen molar-refractivity contribution in [2.45, 2.75) is 12.5 Å². The zero-order chi connectivity index (χ0) is 19.8. The Balaban J connectivity index is 1.96. The molecule has 1 atom stereocenters. The Labute approximate surface area is 156 Å². The van der Waals surface area contributed by atoms with Crippen molar-refractivity contribution >= 4 is 12.1 Å². The molecule has 2 aromatic rings. The highest BCUT2D eigenvalue weighted by atomic mass is 16.6. The number of carbonyl (C=O) groups is 2. The summed E-state index contributed by atoms with van der Waals surface area (Å²) in [4.78, 5) is 24.1. The van der Waals surface area contributed by atoms with E-state index in [0.717, 1.165) is 5.56 Å².